The van der Waals surface area contributed by atoms with Gasteiger partial charge in [-0.15, -0.1) is 0 Å². The topological polar surface area (TPSA) is 66.0 Å². The van der Waals surface area contributed by atoms with Crippen molar-refractivity contribution in [1.82, 2.24) is 14.8 Å². The van der Waals surface area contributed by atoms with Gasteiger partial charge in [0.2, 0.25) is 5.95 Å². The van der Waals surface area contributed by atoms with Gasteiger partial charge in [-0.3, -0.25) is 0 Å². The minimum absolute atomic E-state index is 0.0116. The van der Waals surface area contributed by atoms with E-state index in [0.717, 1.165) is 19.4 Å². The van der Waals surface area contributed by atoms with Gasteiger partial charge in [0.1, 0.15) is 6.33 Å². The van der Waals surface area contributed by atoms with Gasteiger partial charge in [-0.1, -0.05) is 0 Å². The average Bonchev–Trinajstić information content (AvgIpc) is 2.55. The molecular formula is C6H10N4O. The van der Waals surface area contributed by atoms with Crippen LogP contribution in [0, 0.1) is 0 Å². The van der Waals surface area contributed by atoms with Gasteiger partial charge in [0, 0.05) is 6.61 Å². The molecule has 1 fully saturated rings. The monoisotopic (exact) mass is 154 g/mol. The van der Waals surface area contributed by atoms with Crippen LogP contribution >= 0.6 is 0 Å². The zero-order chi connectivity index (χ0) is 7.68. The molecule has 0 spiro atoms. The third-order valence-electron chi connectivity index (χ3n) is 1.78. The van der Waals surface area contributed by atoms with E-state index in [0.29, 0.717) is 5.95 Å². The van der Waals surface area contributed by atoms with Gasteiger partial charge >= 0.3 is 0 Å². The highest BCUT2D eigenvalue weighted by molar-refractivity contribution is 5.13. The van der Waals surface area contributed by atoms with Gasteiger partial charge in [0.05, 0.1) is 0 Å². The molecule has 5 heteroatoms. The van der Waals surface area contributed by atoms with E-state index in [9.17, 15) is 0 Å². The van der Waals surface area contributed by atoms with Crippen LogP contribution in [-0.4, -0.2) is 21.4 Å². The van der Waals surface area contributed by atoms with Crippen molar-refractivity contribution in [1.29, 1.82) is 0 Å². The number of aromatic nitrogens is 3. The molecule has 0 radical (unpaired) electrons. The van der Waals surface area contributed by atoms with E-state index in [4.69, 9.17) is 10.5 Å². The first-order chi connectivity index (χ1) is 5.38. The van der Waals surface area contributed by atoms with Crippen LogP contribution in [0.15, 0.2) is 6.33 Å². The van der Waals surface area contributed by atoms with Crippen molar-refractivity contribution in [2.24, 2.45) is 0 Å². The second-order valence-corrected chi connectivity index (χ2v) is 2.53. The zero-order valence-electron chi connectivity index (χ0n) is 6.10. The second kappa shape index (κ2) is 2.50. The van der Waals surface area contributed by atoms with Gasteiger partial charge in [0.15, 0.2) is 6.23 Å². The normalized spacial score (nSPS) is 24.2. The molecule has 5 nitrogen and oxygen atoms in total. The number of rotatable bonds is 1. The molecule has 60 valence electrons. The SMILES string of the molecule is Nc1ncnn1C1CCCO1. The number of hydrogen-bond acceptors (Lipinski definition) is 4. The third-order valence-corrected chi connectivity index (χ3v) is 1.78. The van der Waals surface area contributed by atoms with E-state index in [-0.39, 0.29) is 6.23 Å². The minimum Gasteiger partial charge on any atom is -0.368 e. The molecule has 11 heavy (non-hydrogen) atoms. The van der Waals surface area contributed by atoms with E-state index in [2.05, 4.69) is 10.1 Å². The van der Waals surface area contributed by atoms with Gasteiger partial charge in [-0.2, -0.15) is 10.1 Å². The molecule has 0 aliphatic carbocycles. The highest BCUT2D eigenvalue weighted by Gasteiger charge is 2.19. The largest absolute Gasteiger partial charge is 0.368 e. The zero-order valence-corrected chi connectivity index (χ0v) is 6.10. The van der Waals surface area contributed by atoms with Crippen LogP contribution < -0.4 is 5.73 Å². The Morgan fingerprint density at radius 1 is 1.73 bits per heavy atom. The molecule has 1 aliphatic rings. The van der Waals surface area contributed by atoms with Crippen molar-refractivity contribution in [2.75, 3.05) is 12.3 Å². The standard InChI is InChI=1S/C6H10N4O/c7-6-8-4-9-10(6)5-2-1-3-11-5/h4-5H,1-3H2,(H2,7,8,9). The van der Waals surface area contributed by atoms with Crippen LogP contribution in [0.3, 0.4) is 0 Å². The highest BCUT2D eigenvalue weighted by atomic mass is 16.5. The number of anilines is 1. The van der Waals surface area contributed by atoms with Crippen molar-refractivity contribution in [2.45, 2.75) is 19.1 Å². The molecule has 2 N–H and O–H groups in total. The summed E-state index contributed by atoms with van der Waals surface area (Å²) in [7, 11) is 0. The summed E-state index contributed by atoms with van der Waals surface area (Å²) in [5, 5.41) is 3.95. The average molecular weight is 154 g/mol. The molecule has 1 aromatic heterocycles. The lowest BCUT2D eigenvalue weighted by molar-refractivity contribution is 0.0484. The first kappa shape index (κ1) is 6.60. The Balaban J connectivity index is 2.21. The first-order valence-corrected chi connectivity index (χ1v) is 3.64. The van der Waals surface area contributed by atoms with E-state index in [1.54, 1.807) is 4.68 Å². The maximum atomic E-state index is 5.53. The van der Waals surface area contributed by atoms with Crippen LogP contribution in [-0.2, 0) is 4.74 Å². The maximum Gasteiger partial charge on any atom is 0.220 e. The molecule has 2 heterocycles. The van der Waals surface area contributed by atoms with Gasteiger partial charge in [0.25, 0.3) is 0 Å². The summed E-state index contributed by atoms with van der Waals surface area (Å²) >= 11 is 0. The fourth-order valence-corrected chi connectivity index (χ4v) is 1.23. The Labute approximate surface area is 64.2 Å². The Hall–Kier alpha value is -1.10. The number of nitrogens with zero attached hydrogens (tertiary/aromatic N) is 3. The fraction of sp³-hybridized carbons (Fsp3) is 0.667. The predicted molar refractivity (Wildman–Crippen MR) is 38.7 cm³/mol. The van der Waals surface area contributed by atoms with Crippen LogP contribution in [0.25, 0.3) is 0 Å². The second-order valence-electron chi connectivity index (χ2n) is 2.53. The lowest BCUT2D eigenvalue weighted by Gasteiger charge is -2.09. The lowest BCUT2D eigenvalue weighted by atomic mass is 10.3. The van der Waals surface area contributed by atoms with Gasteiger partial charge in [-0.05, 0) is 12.8 Å². The quantitative estimate of drug-likeness (QED) is 0.626. The molecule has 1 saturated heterocycles. The van der Waals surface area contributed by atoms with Crippen molar-refractivity contribution in [3.63, 3.8) is 0 Å². The number of nitrogen functional groups attached to an aromatic ring is 1. The Kier molecular flexibility index (Phi) is 1.50. The predicted octanol–water partition coefficient (Wildman–Crippen LogP) is 0.169. The van der Waals surface area contributed by atoms with E-state index < -0.39 is 0 Å². The van der Waals surface area contributed by atoms with E-state index in [1.807, 2.05) is 0 Å². The van der Waals surface area contributed by atoms with Crippen molar-refractivity contribution < 1.29 is 4.74 Å². The smallest absolute Gasteiger partial charge is 0.220 e. The van der Waals surface area contributed by atoms with Crippen LogP contribution in [0.2, 0.25) is 0 Å². The lowest BCUT2D eigenvalue weighted by Crippen LogP contribution is -2.11. The molecule has 2 rings (SSSR count). The van der Waals surface area contributed by atoms with Crippen molar-refractivity contribution in [3.8, 4) is 0 Å². The minimum atomic E-state index is 0.0116. The maximum absolute atomic E-state index is 5.53. The van der Waals surface area contributed by atoms with Gasteiger partial charge < -0.3 is 10.5 Å². The highest BCUT2D eigenvalue weighted by Crippen LogP contribution is 2.22. The molecule has 1 aromatic rings. The molecule has 0 amide bonds. The van der Waals surface area contributed by atoms with Gasteiger partial charge in [-0.25, -0.2) is 4.68 Å². The van der Waals surface area contributed by atoms with Crippen molar-refractivity contribution in [3.05, 3.63) is 6.33 Å². The number of ether oxygens (including phenoxy) is 1. The van der Waals surface area contributed by atoms with E-state index in [1.165, 1.54) is 6.33 Å². The van der Waals surface area contributed by atoms with Crippen LogP contribution in [0.5, 0.6) is 0 Å². The van der Waals surface area contributed by atoms with Crippen molar-refractivity contribution >= 4 is 5.95 Å². The molecule has 1 unspecified atom stereocenters. The number of hydrogen-bond donors (Lipinski definition) is 1. The summed E-state index contributed by atoms with van der Waals surface area (Å²) in [6, 6.07) is 0. The van der Waals surface area contributed by atoms with E-state index >= 15 is 0 Å². The Morgan fingerprint density at radius 3 is 3.18 bits per heavy atom. The van der Waals surface area contributed by atoms with Crippen LogP contribution in [0.1, 0.15) is 19.1 Å². The fourth-order valence-electron chi connectivity index (χ4n) is 1.23. The Morgan fingerprint density at radius 2 is 2.64 bits per heavy atom. The molecule has 1 aliphatic heterocycles. The molecule has 0 aromatic carbocycles. The third kappa shape index (κ3) is 1.07. The Bertz CT molecular complexity index is 240. The molecule has 0 bridgehead atoms. The number of nitrogens with two attached hydrogens (primary N) is 1. The molecule has 1 atom stereocenters. The molecule has 0 saturated carbocycles. The van der Waals surface area contributed by atoms with Crippen LogP contribution in [0.4, 0.5) is 5.95 Å². The summed E-state index contributed by atoms with van der Waals surface area (Å²) in [6.45, 7) is 0.796. The molecular weight excluding hydrogens is 144 g/mol. The summed E-state index contributed by atoms with van der Waals surface area (Å²) in [4.78, 5) is 3.81. The summed E-state index contributed by atoms with van der Waals surface area (Å²) < 4.78 is 6.98. The summed E-state index contributed by atoms with van der Waals surface area (Å²) in [5.41, 5.74) is 5.53. The summed E-state index contributed by atoms with van der Waals surface area (Å²) in [5.74, 6) is 0.428. The first-order valence-electron chi connectivity index (χ1n) is 3.64. The summed E-state index contributed by atoms with van der Waals surface area (Å²) in [6.07, 6.45) is 3.51.